The van der Waals surface area contributed by atoms with Crippen molar-refractivity contribution in [1.82, 2.24) is 0 Å². The normalized spacial score (nSPS) is 21.0. The molecule has 1 saturated carbocycles. The summed E-state index contributed by atoms with van der Waals surface area (Å²) < 4.78 is 5.55. The Bertz CT molecular complexity index is 552. The van der Waals surface area contributed by atoms with E-state index >= 15 is 0 Å². The number of morpholine rings is 1. The highest BCUT2D eigenvalue weighted by Gasteiger charge is 2.44. The fourth-order valence-corrected chi connectivity index (χ4v) is 4.43. The Labute approximate surface area is 155 Å². The first-order chi connectivity index (χ1) is 12.2. The molecule has 0 aromatic heterocycles. The number of nitrogens with two attached hydrogens (primary N) is 1. The lowest BCUT2D eigenvalue weighted by Gasteiger charge is -2.43. The van der Waals surface area contributed by atoms with Crippen molar-refractivity contribution < 1.29 is 19.7 Å². The number of anilines is 1. The number of rotatable bonds is 6. The van der Waals surface area contributed by atoms with Gasteiger partial charge in [-0.15, -0.1) is 0 Å². The van der Waals surface area contributed by atoms with Crippen LogP contribution in [-0.4, -0.2) is 50.8 Å². The number of carbonyl (C=O) groups is 1. The molecule has 3 rings (SSSR count). The minimum atomic E-state index is 0.0465. The van der Waals surface area contributed by atoms with Crippen molar-refractivity contribution >= 4 is 23.2 Å². The molecule has 138 valence electrons. The molecule has 25 heavy (non-hydrogen) atoms. The van der Waals surface area contributed by atoms with E-state index in [-0.39, 0.29) is 5.91 Å². The lowest BCUT2D eigenvalue weighted by atomic mass is 9.79. The van der Waals surface area contributed by atoms with E-state index in [1.807, 2.05) is 12.1 Å². The summed E-state index contributed by atoms with van der Waals surface area (Å²) in [6.07, 6.45) is 6.53. The highest BCUT2D eigenvalue weighted by Crippen LogP contribution is 2.24. The van der Waals surface area contributed by atoms with E-state index in [1.165, 1.54) is 32.1 Å². The Morgan fingerprint density at radius 3 is 2.52 bits per heavy atom. The zero-order valence-corrected chi connectivity index (χ0v) is 15.6. The SMILES string of the molecule is O=C(C[NH2+]CC1([NH+]2CCOCC2)CCCCC1)Nc1ccc(Cl)cc1. The van der Waals surface area contributed by atoms with Gasteiger partial charge in [0.25, 0.3) is 5.91 Å². The van der Waals surface area contributed by atoms with Crippen molar-refractivity contribution in [1.29, 1.82) is 0 Å². The van der Waals surface area contributed by atoms with Crippen molar-refractivity contribution in [2.24, 2.45) is 0 Å². The Hall–Kier alpha value is -1.14. The summed E-state index contributed by atoms with van der Waals surface area (Å²) in [7, 11) is 0. The van der Waals surface area contributed by atoms with Crippen LogP contribution in [0.15, 0.2) is 24.3 Å². The Morgan fingerprint density at radius 2 is 1.84 bits per heavy atom. The predicted molar refractivity (Wildman–Crippen MR) is 99.1 cm³/mol. The van der Waals surface area contributed by atoms with Crippen LogP contribution in [0, 0.1) is 0 Å². The Kier molecular flexibility index (Phi) is 6.70. The number of amides is 1. The van der Waals surface area contributed by atoms with Gasteiger partial charge in [-0.2, -0.15) is 0 Å². The number of hydrogen-bond donors (Lipinski definition) is 3. The van der Waals surface area contributed by atoms with Crippen molar-refractivity contribution in [2.45, 2.75) is 37.6 Å². The Morgan fingerprint density at radius 1 is 1.16 bits per heavy atom. The molecule has 0 radical (unpaired) electrons. The van der Waals surface area contributed by atoms with Gasteiger partial charge in [0.15, 0.2) is 6.54 Å². The van der Waals surface area contributed by atoms with E-state index in [2.05, 4.69) is 10.6 Å². The molecule has 1 saturated heterocycles. The van der Waals surface area contributed by atoms with Gasteiger partial charge in [0.2, 0.25) is 0 Å². The molecule has 1 heterocycles. The van der Waals surface area contributed by atoms with Crippen LogP contribution in [0.1, 0.15) is 32.1 Å². The molecule has 0 bridgehead atoms. The van der Waals surface area contributed by atoms with E-state index in [4.69, 9.17) is 16.3 Å². The molecule has 4 N–H and O–H groups in total. The van der Waals surface area contributed by atoms with Crippen LogP contribution in [0.3, 0.4) is 0 Å². The van der Waals surface area contributed by atoms with Gasteiger partial charge >= 0.3 is 0 Å². The van der Waals surface area contributed by atoms with Crippen LogP contribution in [-0.2, 0) is 9.53 Å². The first-order valence-corrected chi connectivity index (χ1v) is 9.86. The molecule has 1 amide bonds. The minimum absolute atomic E-state index is 0.0465. The highest BCUT2D eigenvalue weighted by atomic mass is 35.5. The average molecular weight is 368 g/mol. The van der Waals surface area contributed by atoms with Crippen LogP contribution in [0.5, 0.6) is 0 Å². The largest absolute Gasteiger partial charge is 0.370 e. The maximum atomic E-state index is 12.2. The van der Waals surface area contributed by atoms with E-state index < -0.39 is 0 Å². The van der Waals surface area contributed by atoms with Gasteiger partial charge in [-0.3, -0.25) is 4.79 Å². The minimum Gasteiger partial charge on any atom is -0.370 e. The third-order valence-corrected chi connectivity index (χ3v) is 5.90. The molecule has 1 aromatic carbocycles. The van der Waals surface area contributed by atoms with Crippen LogP contribution >= 0.6 is 11.6 Å². The molecule has 2 fully saturated rings. The summed E-state index contributed by atoms with van der Waals surface area (Å²) in [5, 5.41) is 5.81. The smallest absolute Gasteiger partial charge is 0.279 e. The lowest BCUT2D eigenvalue weighted by molar-refractivity contribution is -0.974. The number of quaternary nitrogens is 2. The third kappa shape index (κ3) is 5.17. The molecular weight excluding hydrogens is 338 g/mol. The standard InChI is InChI=1S/C19H28ClN3O2/c20-16-4-6-17(7-5-16)22-18(24)14-21-15-19(8-2-1-3-9-19)23-10-12-25-13-11-23/h4-7,21H,1-3,8-15H2,(H,22,24)/p+2. The maximum Gasteiger partial charge on any atom is 0.279 e. The molecule has 2 aliphatic rings. The quantitative estimate of drug-likeness (QED) is 0.684. The molecule has 6 heteroatoms. The number of ether oxygens (including phenoxy) is 1. The molecule has 1 aliphatic carbocycles. The summed E-state index contributed by atoms with van der Waals surface area (Å²) in [6, 6.07) is 7.25. The first kappa shape index (κ1) is 18.6. The first-order valence-electron chi connectivity index (χ1n) is 9.48. The highest BCUT2D eigenvalue weighted by molar-refractivity contribution is 6.30. The summed E-state index contributed by atoms with van der Waals surface area (Å²) in [6.45, 7) is 5.43. The third-order valence-electron chi connectivity index (χ3n) is 5.65. The fourth-order valence-electron chi connectivity index (χ4n) is 4.30. The molecule has 1 aromatic rings. The van der Waals surface area contributed by atoms with Crippen molar-refractivity contribution in [3.8, 4) is 0 Å². The fraction of sp³-hybridized carbons (Fsp3) is 0.632. The van der Waals surface area contributed by atoms with Crippen LogP contribution < -0.4 is 15.5 Å². The van der Waals surface area contributed by atoms with Crippen LogP contribution in [0.2, 0.25) is 5.02 Å². The summed E-state index contributed by atoms with van der Waals surface area (Å²) in [5.41, 5.74) is 1.12. The number of benzene rings is 1. The summed E-state index contributed by atoms with van der Waals surface area (Å²) >= 11 is 5.88. The van der Waals surface area contributed by atoms with Gasteiger partial charge in [0.05, 0.1) is 13.2 Å². The molecular formula is C19H30ClN3O2+2. The number of nitrogens with one attached hydrogen (secondary N) is 2. The summed E-state index contributed by atoms with van der Waals surface area (Å²) in [5.74, 6) is 0.0465. The van der Waals surface area contributed by atoms with E-state index in [1.54, 1.807) is 17.0 Å². The monoisotopic (exact) mass is 367 g/mol. The molecule has 0 spiro atoms. The molecule has 0 atom stereocenters. The lowest BCUT2D eigenvalue weighted by Crippen LogP contribution is -3.25. The number of carbonyl (C=O) groups excluding carboxylic acids is 1. The van der Waals surface area contributed by atoms with Gasteiger partial charge in [-0.05, 0) is 37.1 Å². The average Bonchev–Trinajstić information content (AvgIpc) is 2.65. The van der Waals surface area contributed by atoms with E-state index in [9.17, 15) is 4.79 Å². The van der Waals surface area contributed by atoms with Crippen LogP contribution in [0.25, 0.3) is 0 Å². The number of hydrogen-bond acceptors (Lipinski definition) is 2. The second-order valence-electron chi connectivity index (χ2n) is 7.31. The van der Waals surface area contributed by atoms with E-state index in [0.29, 0.717) is 17.1 Å². The summed E-state index contributed by atoms with van der Waals surface area (Å²) in [4.78, 5) is 13.9. The second kappa shape index (κ2) is 8.99. The topological polar surface area (TPSA) is 59.4 Å². The van der Waals surface area contributed by atoms with Gasteiger partial charge in [-0.25, -0.2) is 0 Å². The predicted octanol–water partition coefficient (Wildman–Crippen LogP) is 0.460. The zero-order chi connectivity index (χ0) is 17.5. The second-order valence-corrected chi connectivity index (χ2v) is 7.75. The molecule has 5 nitrogen and oxygen atoms in total. The van der Waals surface area contributed by atoms with Crippen molar-refractivity contribution in [2.75, 3.05) is 44.7 Å². The van der Waals surface area contributed by atoms with Crippen molar-refractivity contribution in [3.63, 3.8) is 0 Å². The maximum absolute atomic E-state index is 12.2. The van der Waals surface area contributed by atoms with Gasteiger partial charge < -0.3 is 20.3 Å². The van der Waals surface area contributed by atoms with Gasteiger partial charge in [-0.1, -0.05) is 18.0 Å². The van der Waals surface area contributed by atoms with E-state index in [0.717, 1.165) is 38.5 Å². The molecule has 1 aliphatic heterocycles. The Balaban J connectivity index is 1.50. The zero-order valence-electron chi connectivity index (χ0n) is 14.9. The molecule has 0 unspecified atom stereocenters. The van der Waals surface area contributed by atoms with Crippen LogP contribution in [0.4, 0.5) is 5.69 Å². The number of halogens is 1. The van der Waals surface area contributed by atoms with Gasteiger partial charge in [0.1, 0.15) is 25.2 Å². The van der Waals surface area contributed by atoms with Crippen molar-refractivity contribution in [3.05, 3.63) is 29.3 Å². The van der Waals surface area contributed by atoms with Gasteiger partial charge in [0, 0.05) is 23.6 Å².